The topological polar surface area (TPSA) is 63.4 Å². The maximum absolute atomic E-state index is 11.6. The van der Waals surface area contributed by atoms with Gasteiger partial charge in [-0.3, -0.25) is 0 Å². The summed E-state index contributed by atoms with van der Waals surface area (Å²) in [6.07, 6.45) is 0.573. The van der Waals surface area contributed by atoms with Crippen LogP contribution in [-0.2, 0) is 10.0 Å². The Balaban J connectivity index is 4.58. The summed E-state index contributed by atoms with van der Waals surface area (Å²) >= 11 is 0. The summed E-state index contributed by atoms with van der Waals surface area (Å²) in [7, 11) is -1.57. The first kappa shape index (κ1) is 11.9. The Morgan fingerprint density at radius 3 is 2.17 bits per heavy atom. The number of hydrogen-bond donors (Lipinski definition) is 1. The van der Waals surface area contributed by atoms with Crippen LogP contribution in [0.4, 0.5) is 0 Å². The standard InChI is InChI=1S/C7H18N2O2S/c1-4-7(6-8)12(10,11)9(3)5-2/h7H,4-6,8H2,1-3H3. The molecular formula is C7H18N2O2S. The van der Waals surface area contributed by atoms with E-state index in [0.29, 0.717) is 13.0 Å². The Labute approximate surface area is 74.8 Å². The molecule has 0 aliphatic heterocycles. The molecule has 0 aromatic heterocycles. The molecule has 5 heteroatoms. The van der Waals surface area contributed by atoms with Crippen LogP contribution in [0.2, 0.25) is 0 Å². The molecule has 0 rings (SSSR count). The van der Waals surface area contributed by atoms with Crippen molar-refractivity contribution in [3.63, 3.8) is 0 Å². The molecule has 0 fully saturated rings. The lowest BCUT2D eigenvalue weighted by Crippen LogP contribution is -2.39. The van der Waals surface area contributed by atoms with Crippen molar-refractivity contribution in [1.29, 1.82) is 0 Å². The van der Waals surface area contributed by atoms with Crippen molar-refractivity contribution in [2.45, 2.75) is 25.5 Å². The first-order valence-electron chi connectivity index (χ1n) is 4.15. The van der Waals surface area contributed by atoms with E-state index in [9.17, 15) is 8.42 Å². The molecule has 0 saturated carbocycles. The van der Waals surface area contributed by atoms with E-state index < -0.39 is 15.3 Å². The average molecular weight is 194 g/mol. The molecule has 1 unspecified atom stereocenters. The van der Waals surface area contributed by atoms with Crippen LogP contribution >= 0.6 is 0 Å². The van der Waals surface area contributed by atoms with Gasteiger partial charge in [-0.15, -0.1) is 0 Å². The summed E-state index contributed by atoms with van der Waals surface area (Å²) in [5.41, 5.74) is 5.36. The van der Waals surface area contributed by atoms with E-state index in [1.54, 1.807) is 14.0 Å². The summed E-state index contributed by atoms with van der Waals surface area (Å²) in [6.45, 7) is 4.33. The average Bonchev–Trinajstić information content (AvgIpc) is 2.04. The molecule has 12 heavy (non-hydrogen) atoms. The summed E-state index contributed by atoms with van der Waals surface area (Å²) in [6, 6.07) is 0. The molecule has 0 saturated heterocycles. The van der Waals surface area contributed by atoms with Crippen molar-refractivity contribution in [1.82, 2.24) is 4.31 Å². The van der Waals surface area contributed by atoms with Gasteiger partial charge in [-0.25, -0.2) is 12.7 Å². The van der Waals surface area contributed by atoms with Crippen molar-refractivity contribution >= 4 is 10.0 Å². The lowest BCUT2D eigenvalue weighted by molar-refractivity contribution is 0.471. The van der Waals surface area contributed by atoms with E-state index in [1.165, 1.54) is 4.31 Å². The molecule has 0 heterocycles. The second kappa shape index (κ2) is 4.79. The van der Waals surface area contributed by atoms with Crippen LogP contribution in [0.1, 0.15) is 20.3 Å². The van der Waals surface area contributed by atoms with Crippen LogP contribution in [0.5, 0.6) is 0 Å². The Kier molecular flexibility index (Phi) is 4.74. The number of hydrogen-bond acceptors (Lipinski definition) is 3. The van der Waals surface area contributed by atoms with Crippen LogP contribution < -0.4 is 5.73 Å². The smallest absolute Gasteiger partial charge is 0.217 e. The molecule has 2 N–H and O–H groups in total. The normalized spacial score (nSPS) is 15.1. The van der Waals surface area contributed by atoms with Crippen molar-refractivity contribution < 1.29 is 8.42 Å². The second-order valence-electron chi connectivity index (χ2n) is 2.73. The molecule has 0 aliphatic rings. The lowest BCUT2D eigenvalue weighted by Gasteiger charge is -2.20. The van der Waals surface area contributed by atoms with Gasteiger partial charge < -0.3 is 5.73 Å². The van der Waals surface area contributed by atoms with Gasteiger partial charge >= 0.3 is 0 Å². The minimum Gasteiger partial charge on any atom is -0.329 e. The first-order valence-corrected chi connectivity index (χ1v) is 5.66. The first-order chi connectivity index (χ1) is 5.50. The SMILES string of the molecule is CCC(CN)S(=O)(=O)N(C)CC. The minimum absolute atomic E-state index is 0.198. The van der Waals surface area contributed by atoms with E-state index in [2.05, 4.69) is 0 Å². The number of rotatable bonds is 5. The van der Waals surface area contributed by atoms with Gasteiger partial charge in [0.2, 0.25) is 10.0 Å². The molecule has 1 atom stereocenters. The Morgan fingerprint density at radius 1 is 1.42 bits per heavy atom. The zero-order chi connectivity index (χ0) is 9.78. The molecule has 0 spiro atoms. The third-order valence-corrected chi connectivity index (χ3v) is 4.51. The van der Waals surface area contributed by atoms with E-state index in [0.717, 1.165) is 0 Å². The van der Waals surface area contributed by atoms with Crippen LogP contribution in [0.3, 0.4) is 0 Å². The van der Waals surface area contributed by atoms with Gasteiger partial charge in [0.15, 0.2) is 0 Å². The fourth-order valence-corrected chi connectivity index (χ4v) is 2.47. The van der Waals surface area contributed by atoms with Crippen LogP contribution in [0.25, 0.3) is 0 Å². The van der Waals surface area contributed by atoms with Gasteiger partial charge in [0, 0.05) is 20.1 Å². The zero-order valence-corrected chi connectivity index (χ0v) is 8.76. The molecular weight excluding hydrogens is 176 g/mol. The van der Waals surface area contributed by atoms with Crippen molar-refractivity contribution in [3.8, 4) is 0 Å². The van der Waals surface area contributed by atoms with Gasteiger partial charge in [-0.05, 0) is 6.42 Å². The molecule has 0 bridgehead atoms. The maximum Gasteiger partial charge on any atom is 0.217 e. The quantitative estimate of drug-likeness (QED) is 0.670. The van der Waals surface area contributed by atoms with Crippen LogP contribution in [0, 0.1) is 0 Å². The highest BCUT2D eigenvalue weighted by atomic mass is 32.2. The van der Waals surface area contributed by atoms with Crippen molar-refractivity contribution in [2.24, 2.45) is 5.73 Å². The Morgan fingerprint density at radius 2 is 1.92 bits per heavy atom. The van der Waals surface area contributed by atoms with Crippen LogP contribution in [0.15, 0.2) is 0 Å². The number of nitrogens with two attached hydrogens (primary N) is 1. The molecule has 0 radical (unpaired) electrons. The molecule has 0 aromatic rings. The lowest BCUT2D eigenvalue weighted by atomic mass is 10.3. The maximum atomic E-state index is 11.6. The highest BCUT2D eigenvalue weighted by Gasteiger charge is 2.25. The summed E-state index contributed by atoms with van der Waals surface area (Å²) < 4.78 is 24.5. The fourth-order valence-electron chi connectivity index (χ4n) is 0.933. The third-order valence-electron chi connectivity index (χ3n) is 2.02. The zero-order valence-electron chi connectivity index (χ0n) is 7.95. The van der Waals surface area contributed by atoms with Gasteiger partial charge in [-0.2, -0.15) is 0 Å². The van der Waals surface area contributed by atoms with Gasteiger partial charge in [-0.1, -0.05) is 13.8 Å². The van der Waals surface area contributed by atoms with E-state index in [1.807, 2.05) is 6.92 Å². The van der Waals surface area contributed by atoms with Crippen molar-refractivity contribution in [2.75, 3.05) is 20.1 Å². The van der Waals surface area contributed by atoms with Gasteiger partial charge in [0.1, 0.15) is 0 Å². The van der Waals surface area contributed by atoms with E-state index >= 15 is 0 Å². The minimum atomic E-state index is -3.14. The van der Waals surface area contributed by atoms with Gasteiger partial charge in [0.05, 0.1) is 5.25 Å². The summed E-state index contributed by atoms with van der Waals surface area (Å²) in [4.78, 5) is 0. The molecule has 0 aliphatic carbocycles. The van der Waals surface area contributed by atoms with E-state index in [-0.39, 0.29) is 6.54 Å². The molecule has 0 amide bonds. The third kappa shape index (κ3) is 2.43. The van der Waals surface area contributed by atoms with E-state index in [4.69, 9.17) is 5.73 Å². The monoisotopic (exact) mass is 194 g/mol. The Bertz CT molecular complexity index is 209. The fraction of sp³-hybridized carbons (Fsp3) is 1.00. The Hall–Kier alpha value is -0.130. The molecule has 4 nitrogen and oxygen atoms in total. The number of sulfonamides is 1. The largest absolute Gasteiger partial charge is 0.329 e. The highest BCUT2D eigenvalue weighted by molar-refractivity contribution is 7.89. The summed E-state index contributed by atoms with van der Waals surface area (Å²) in [5.74, 6) is 0. The van der Waals surface area contributed by atoms with Crippen molar-refractivity contribution in [3.05, 3.63) is 0 Å². The second-order valence-corrected chi connectivity index (χ2v) is 5.05. The van der Waals surface area contributed by atoms with Crippen LogP contribution in [-0.4, -0.2) is 38.1 Å². The molecule has 74 valence electrons. The molecule has 0 aromatic carbocycles. The number of nitrogens with zero attached hydrogens (tertiary/aromatic N) is 1. The van der Waals surface area contributed by atoms with Gasteiger partial charge in [0.25, 0.3) is 0 Å². The predicted molar refractivity (Wildman–Crippen MR) is 50.4 cm³/mol. The highest BCUT2D eigenvalue weighted by Crippen LogP contribution is 2.08. The predicted octanol–water partition coefficient (Wildman–Crippen LogP) is 0.00520. The summed E-state index contributed by atoms with van der Waals surface area (Å²) in [5, 5.41) is -0.428.